The molecule has 5 fully saturated rings. The number of carboxylic acids is 2. The smallest absolute Gasteiger partial charge is 0.303 e. The van der Waals surface area contributed by atoms with Crippen molar-refractivity contribution >= 4 is 35.4 Å². The Morgan fingerprint density at radius 3 is 1.96 bits per heavy atom. The minimum atomic E-state index is -1.63. The molecular formula is C40H62O13. The summed E-state index contributed by atoms with van der Waals surface area (Å²) in [5, 5.41) is 49.2. The van der Waals surface area contributed by atoms with Gasteiger partial charge in [0.05, 0.1) is 13.2 Å². The van der Waals surface area contributed by atoms with Crippen LogP contribution >= 0.6 is 0 Å². The van der Waals surface area contributed by atoms with Gasteiger partial charge in [0.2, 0.25) is 5.78 Å². The average Bonchev–Trinajstić information content (AvgIpc) is 3.47. The number of aliphatic carboxylic acids is 2. The number of aliphatic hydroxyl groups is 3. The van der Waals surface area contributed by atoms with E-state index in [1.54, 1.807) is 0 Å². The maximum atomic E-state index is 14.1. The summed E-state index contributed by atoms with van der Waals surface area (Å²) in [5.74, 6) is -2.35. The number of rotatable bonds is 3. The third kappa shape index (κ3) is 8.12. The van der Waals surface area contributed by atoms with Crippen molar-refractivity contribution in [3.05, 3.63) is 11.6 Å². The van der Waals surface area contributed by atoms with Crippen LogP contribution in [0.4, 0.5) is 0 Å². The van der Waals surface area contributed by atoms with Gasteiger partial charge >= 0.3 is 17.9 Å². The number of carbonyl (C=O) groups is 6. The van der Waals surface area contributed by atoms with Crippen molar-refractivity contribution in [2.75, 3.05) is 7.11 Å². The molecule has 0 amide bonds. The maximum absolute atomic E-state index is 14.1. The molecule has 0 radical (unpaired) electrons. The van der Waals surface area contributed by atoms with Crippen LogP contribution in [0.5, 0.6) is 0 Å². The molecule has 6 aliphatic rings. The molecule has 0 heterocycles. The van der Waals surface area contributed by atoms with E-state index in [9.17, 15) is 39.3 Å². The highest BCUT2D eigenvalue weighted by Crippen LogP contribution is 2.74. The van der Waals surface area contributed by atoms with Crippen LogP contribution in [0.3, 0.4) is 0 Å². The lowest BCUT2D eigenvalue weighted by molar-refractivity contribution is -0.237. The van der Waals surface area contributed by atoms with E-state index in [4.69, 9.17) is 19.7 Å². The topological polar surface area (TPSA) is 222 Å². The third-order valence-electron chi connectivity index (χ3n) is 13.6. The molecule has 13 heteroatoms. The molecule has 0 aromatic heterocycles. The van der Waals surface area contributed by atoms with E-state index in [-0.39, 0.29) is 71.4 Å². The minimum Gasteiger partial charge on any atom is -0.481 e. The molecule has 53 heavy (non-hydrogen) atoms. The van der Waals surface area contributed by atoms with Crippen LogP contribution in [0.1, 0.15) is 114 Å². The van der Waals surface area contributed by atoms with Gasteiger partial charge in [0.25, 0.3) is 5.97 Å². The Morgan fingerprint density at radius 1 is 0.925 bits per heavy atom. The number of hydrogen-bond donors (Lipinski definition) is 5. The van der Waals surface area contributed by atoms with E-state index >= 15 is 0 Å². The highest BCUT2D eigenvalue weighted by molar-refractivity contribution is 5.95. The quantitative estimate of drug-likeness (QED) is 0.200. The summed E-state index contributed by atoms with van der Waals surface area (Å²) in [6, 6.07) is 0. The van der Waals surface area contributed by atoms with Gasteiger partial charge in [-0.25, -0.2) is 0 Å². The summed E-state index contributed by atoms with van der Waals surface area (Å²) in [6.45, 7) is 16.1. The molecule has 6 aliphatic carbocycles. The van der Waals surface area contributed by atoms with Gasteiger partial charge < -0.3 is 35.0 Å². The summed E-state index contributed by atoms with van der Waals surface area (Å²) in [5.41, 5.74) is -2.18. The molecule has 300 valence electrons. The summed E-state index contributed by atoms with van der Waals surface area (Å²) in [6.07, 6.45) is 3.48. The molecule has 13 atom stereocenters. The fourth-order valence-corrected chi connectivity index (χ4v) is 11.5. The summed E-state index contributed by atoms with van der Waals surface area (Å²) in [7, 11) is 1.35. The molecule has 0 spiro atoms. The number of ketones is 2. The minimum absolute atomic E-state index is 0.0323. The molecular weight excluding hydrogens is 688 g/mol. The van der Waals surface area contributed by atoms with Gasteiger partial charge in [-0.2, -0.15) is 0 Å². The largest absolute Gasteiger partial charge is 0.481 e. The zero-order valence-electron chi connectivity index (χ0n) is 33.0. The van der Waals surface area contributed by atoms with E-state index in [2.05, 4.69) is 24.7 Å². The number of methoxy groups -OCH3 is 1. The number of allylic oxidation sites excluding steroid dienone is 1. The second kappa shape index (κ2) is 16.3. The number of ether oxygens (including phenoxy) is 2. The van der Waals surface area contributed by atoms with Gasteiger partial charge in [-0.3, -0.25) is 28.8 Å². The summed E-state index contributed by atoms with van der Waals surface area (Å²) in [4.78, 5) is 67.5. The predicted molar refractivity (Wildman–Crippen MR) is 192 cm³/mol. The van der Waals surface area contributed by atoms with Gasteiger partial charge in [-0.1, -0.05) is 53.2 Å². The van der Waals surface area contributed by atoms with Gasteiger partial charge in [0.1, 0.15) is 11.7 Å². The van der Waals surface area contributed by atoms with Crippen LogP contribution in [-0.4, -0.2) is 92.0 Å². The second-order valence-electron chi connectivity index (χ2n) is 17.4. The molecule has 13 nitrogen and oxygen atoms in total. The van der Waals surface area contributed by atoms with Crippen molar-refractivity contribution in [1.29, 1.82) is 0 Å². The van der Waals surface area contributed by atoms with Gasteiger partial charge in [-0.15, -0.1) is 0 Å². The number of esters is 2. The molecule has 11 unspecified atom stereocenters. The van der Waals surface area contributed by atoms with Crippen molar-refractivity contribution in [3.63, 3.8) is 0 Å². The fourth-order valence-electron chi connectivity index (χ4n) is 11.5. The molecule has 0 bridgehead atoms. The Kier molecular flexibility index (Phi) is 13.6. The molecule has 0 aromatic carbocycles. The average molecular weight is 751 g/mol. The molecule has 0 aromatic rings. The zero-order valence-corrected chi connectivity index (χ0v) is 33.0. The summed E-state index contributed by atoms with van der Waals surface area (Å²) >= 11 is 0. The molecule has 0 saturated heterocycles. The van der Waals surface area contributed by atoms with E-state index in [0.717, 1.165) is 31.8 Å². The number of aliphatic hydroxyl groups excluding tert-OH is 2. The van der Waals surface area contributed by atoms with Crippen molar-refractivity contribution in [2.45, 2.75) is 138 Å². The number of fused-ring (bicyclic) bond motifs is 9. The van der Waals surface area contributed by atoms with E-state index in [0.29, 0.717) is 19.3 Å². The van der Waals surface area contributed by atoms with Crippen LogP contribution in [0.2, 0.25) is 0 Å². The van der Waals surface area contributed by atoms with Crippen LogP contribution in [0.25, 0.3) is 0 Å². The van der Waals surface area contributed by atoms with Crippen LogP contribution in [0, 0.1) is 57.7 Å². The summed E-state index contributed by atoms with van der Waals surface area (Å²) < 4.78 is 9.93. The first kappa shape index (κ1) is 44.2. The van der Waals surface area contributed by atoms with E-state index in [1.165, 1.54) is 21.0 Å². The number of carbonyl (C=O) groups excluding carboxylic acids is 4. The molecule has 5 N–H and O–H groups in total. The van der Waals surface area contributed by atoms with E-state index < -0.39 is 58.4 Å². The first-order valence-corrected chi connectivity index (χ1v) is 18.8. The Hall–Kier alpha value is -3.16. The van der Waals surface area contributed by atoms with Crippen molar-refractivity contribution < 1.29 is 63.8 Å². The molecule has 5 saturated carbocycles. The first-order valence-electron chi connectivity index (χ1n) is 18.8. The van der Waals surface area contributed by atoms with Crippen molar-refractivity contribution in [3.8, 4) is 0 Å². The lowest BCUT2D eigenvalue weighted by Crippen LogP contribution is -2.72. The number of Topliss-reactive ketones (excluding diaryl/α,β-unsaturated/α-hetero) is 2. The maximum Gasteiger partial charge on any atom is 0.303 e. The van der Waals surface area contributed by atoms with Gasteiger partial charge in [0.15, 0.2) is 11.9 Å². The zero-order chi connectivity index (χ0) is 40.6. The SMILES string of the molecule is CC(=O)O.CC(=O)OC1C(=O)C2(O)CC[C@H](O)CC2(C)C2CCC3(C)C(CC4C3[C@H](C)C=C3CC(=O)C(O)C34C)C12.CC(C)CC(=O)O.COC(C)=O. The highest BCUT2D eigenvalue weighted by atomic mass is 16.5. The Balaban J connectivity index is 0.000000399. The van der Waals surface area contributed by atoms with Crippen LogP contribution in [-0.2, 0) is 38.2 Å². The van der Waals surface area contributed by atoms with Crippen molar-refractivity contribution in [2.24, 2.45) is 57.7 Å². The van der Waals surface area contributed by atoms with Gasteiger partial charge in [-0.05, 0) is 79.4 Å². The monoisotopic (exact) mass is 750 g/mol. The Morgan fingerprint density at radius 2 is 1.49 bits per heavy atom. The number of hydrogen-bond acceptors (Lipinski definition) is 11. The standard InChI is InChI=1S/C30H42O7.C5H10O2.C3H6O2.C2H4O2/c1-14-10-16-11-21(33)25(34)29(16,5)20-12-19-22-18(7-8-27(19,3)23(14)20)28(4)13-17(32)6-9-30(28,36)26(35)24(22)37-15(2)31;1-4(2)3-5(6)7;1-3(4)5-2;1-2(3)4/h10,14,17-20,22-25,32,34,36H,6-9,11-13H2,1-5H3;4H,3H2,1-2H3,(H,6,7);1-2H3;1H3,(H,3,4)/t14-,17+,18?,19?,20?,22?,23?,24?,25?,27?,28?,29?,30?;;;/m1.../s1. The van der Waals surface area contributed by atoms with E-state index in [1.807, 2.05) is 27.7 Å². The lowest BCUT2D eigenvalue weighted by atomic mass is 9.41. The highest BCUT2D eigenvalue weighted by Gasteiger charge is 2.74. The number of carboxylic acid groups (broad SMARTS) is 2. The van der Waals surface area contributed by atoms with Crippen LogP contribution in [0.15, 0.2) is 11.6 Å². The molecule has 0 aliphatic heterocycles. The van der Waals surface area contributed by atoms with Crippen LogP contribution < -0.4 is 0 Å². The predicted octanol–water partition coefficient (Wildman–Crippen LogP) is 4.37. The Labute approximate surface area is 312 Å². The normalized spacial score (nSPS) is 41.8. The van der Waals surface area contributed by atoms with Crippen molar-refractivity contribution in [1.82, 2.24) is 0 Å². The lowest BCUT2D eigenvalue weighted by Gasteiger charge is -2.64. The Bertz CT molecular complexity index is 1470. The third-order valence-corrected chi connectivity index (χ3v) is 13.6. The van der Waals surface area contributed by atoms with Gasteiger partial charge in [0, 0.05) is 50.4 Å². The first-order chi connectivity index (χ1) is 24.3. The molecule has 6 rings (SSSR count). The second-order valence-corrected chi connectivity index (χ2v) is 17.4. The fraction of sp³-hybridized carbons (Fsp3) is 0.800.